The second-order valence-corrected chi connectivity index (χ2v) is 12.2. The number of carbonyl (C=O) groups is 3. The van der Waals surface area contributed by atoms with E-state index in [4.69, 9.17) is 9.47 Å². The molecule has 0 atom stereocenters. The number of piperidine rings is 1. The highest BCUT2D eigenvalue weighted by molar-refractivity contribution is 9.10. The van der Waals surface area contributed by atoms with Crippen molar-refractivity contribution in [1.82, 2.24) is 19.8 Å². The number of nitrogens with zero attached hydrogens (tertiary/aromatic N) is 4. The van der Waals surface area contributed by atoms with Crippen LogP contribution >= 0.6 is 27.7 Å². The first kappa shape index (κ1) is 28.1. The lowest BCUT2D eigenvalue weighted by molar-refractivity contribution is -0.121. The van der Waals surface area contributed by atoms with Crippen LogP contribution in [-0.2, 0) is 16.1 Å². The average molecular weight is 604 g/mol. The molecule has 9 nitrogen and oxygen atoms in total. The summed E-state index contributed by atoms with van der Waals surface area (Å²) < 4.78 is 12.3. The number of hydrogen-bond donors (Lipinski definition) is 0. The van der Waals surface area contributed by atoms with Gasteiger partial charge in [-0.15, -0.1) is 0 Å². The van der Waals surface area contributed by atoms with E-state index < -0.39 is 5.60 Å². The second-order valence-electron chi connectivity index (χ2n) is 10.4. The summed E-state index contributed by atoms with van der Waals surface area (Å²) in [4.78, 5) is 48.7. The third kappa shape index (κ3) is 6.74. The summed E-state index contributed by atoms with van der Waals surface area (Å²) in [6.07, 6.45) is 6.53. The summed E-state index contributed by atoms with van der Waals surface area (Å²) in [6.45, 7) is 9.05. The molecule has 4 rings (SSSR count). The molecule has 202 valence electrons. The largest absolute Gasteiger partial charge is 0.488 e. The molecule has 0 saturated carbocycles. The topological polar surface area (TPSA) is 102 Å². The van der Waals surface area contributed by atoms with Crippen molar-refractivity contribution in [2.24, 2.45) is 0 Å². The van der Waals surface area contributed by atoms with E-state index in [0.29, 0.717) is 23.7 Å². The molecule has 0 spiro atoms. The van der Waals surface area contributed by atoms with Crippen LogP contribution in [-0.4, -0.2) is 62.7 Å². The number of amides is 3. The first-order valence-corrected chi connectivity index (χ1v) is 14.0. The minimum atomic E-state index is -0.506. The zero-order valence-corrected chi connectivity index (χ0v) is 24.5. The molecule has 3 heterocycles. The van der Waals surface area contributed by atoms with Crippen LogP contribution in [0.3, 0.4) is 0 Å². The van der Waals surface area contributed by atoms with E-state index in [2.05, 4.69) is 25.9 Å². The predicted octanol–water partition coefficient (Wildman–Crippen LogP) is 5.91. The van der Waals surface area contributed by atoms with Crippen molar-refractivity contribution < 1.29 is 23.9 Å². The van der Waals surface area contributed by atoms with Crippen molar-refractivity contribution in [3.8, 4) is 5.75 Å². The van der Waals surface area contributed by atoms with Gasteiger partial charge in [-0.25, -0.2) is 14.8 Å². The number of hydrogen-bond acceptors (Lipinski definition) is 8. The zero-order valence-electron chi connectivity index (χ0n) is 22.1. The van der Waals surface area contributed by atoms with Gasteiger partial charge in [0.15, 0.2) is 0 Å². The third-order valence-electron chi connectivity index (χ3n) is 6.20. The second kappa shape index (κ2) is 11.4. The van der Waals surface area contributed by atoms with Crippen LogP contribution in [0.2, 0.25) is 0 Å². The molecule has 1 aromatic carbocycles. The number of halogens is 1. The Morgan fingerprint density at radius 1 is 1.18 bits per heavy atom. The fraction of sp³-hybridized carbons (Fsp3) is 0.444. The lowest BCUT2D eigenvalue weighted by atomic mass is 9.96. The number of likely N-dealkylation sites (N-methyl/N-ethyl adjacent to an activating group) is 1. The molecule has 11 heteroatoms. The van der Waals surface area contributed by atoms with E-state index in [1.807, 2.05) is 39.8 Å². The normalized spacial score (nSPS) is 17.9. The van der Waals surface area contributed by atoms with Crippen molar-refractivity contribution in [3.05, 3.63) is 56.4 Å². The molecule has 0 N–H and O–H groups in total. The van der Waals surface area contributed by atoms with E-state index in [0.717, 1.165) is 56.5 Å². The molecule has 2 fully saturated rings. The Labute approximate surface area is 235 Å². The van der Waals surface area contributed by atoms with E-state index in [1.54, 1.807) is 23.4 Å². The Hall–Kier alpha value is -2.92. The van der Waals surface area contributed by atoms with Gasteiger partial charge in [0.05, 0.1) is 4.91 Å². The lowest BCUT2D eigenvalue weighted by Gasteiger charge is -2.32. The number of thioether (sulfide) groups is 1. The van der Waals surface area contributed by atoms with Crippen molar-refractivity contribution in [3.63, 3.8) is 0 Å². The lowest BCUT2D eigenvalue weighted by Crippen LogP contribution is -2.41. The van der Waals surface area contributed by atoms with Gasteiger partial charge >= 0.3 is 6.09 Å². The number of rotatable bonds is 5. The molecule has 1 aromatic heterocycles. The van der Waals surface area contributed by atoms with Crippen molar-refractivity contribution in [2.75, 3.05) is 20.1 Å². The van der Waals surface area contributed by atoms with E-state index in [1.165, 1.54) is 7.05 Å². The van der Waals surface area contributed by atoms with E-state index >= 15 is 0 Å². The van der Waals surface area contributed by atoms with Crippen LogP contribution in [0.1, 0.15) is 62.0 Å². The van der Waals surface area contributed by atoms with Gasteiger partial charge in [-0.3, -0.25) is 14.5 Å². The maximum Gasteiger partial charge on any atom is 0.410 e. The smallest absolute Gasteiger partial charge is 0.410 e. The van der Waals surface area contributed by atoms with Crippen molar-refractivity contribution in [2.45, 2.75) is 58.7 Å². The fourth-order valence-electron chi connectivity index (χ4n) is 4.08. The number of likely N-dealkylation sites (tertiary alicyclic amines) is 1. The highest BCUT2D eigenvalue weighted by Gasteiger charge is 2.32. The Balaban J connectivity index is 1.36. The van der Waals surface area contributed by atoms with Crippen LogP contribution in [0.25, 0.3) is 6.08 Å². The average Bonchev–Trinajstić information content (AvgIpc) is 3.10. The van der Waals surface area contributed by atoms with Crippen LogP contribution in [0.15, 0.2) is 33.9 Å². The zero-order chi connectivity index (χ0) is 27.6. The van der Waals surface area contributed by atoms with Crippen LogP contribution < -0.4 is 4.74 Å². The Morgan fingerprint density at radius 2 is 1.84 bits per heavy atom. The number of aryl methyl sites for hydroxylation is 1. The SMILES string of the molecule is Cc1cc(Br)c(/C=C2\SC(=O)N(C)C2=O)cc1OCc1cnc(C2CCN(C(=O)OC(C)(C)C)CC2)nc1. The van der Waals surface area contributed by atoms with Gasteiger partial charge in [0.2, 0.25) is 0 Å². The minimum Gasteiger partial charge on any atom is -0.488 e. The van der Waals surface area contributed by atoms with Gasteiger partial charge < -0.3 is 14.4 Å². The fourth-order valence-corrected chi connectivity index (χ4v) is 5.47. The summed E-state index contributed by atoms with van der Waals surface area (Å²) in [6, 6.07) is 3.76. The summed E-state index contributed by atoms with van der Waals surface area (Å²) in [5.41, 5.74) is 1.99. The number of aromatic nitrogens is 2. The number of carbonyl (C=O) groups excluding carboxylic acids is 3. The van der Waals surface area contributed by atoms with Gasteiger partial charge in [0, 0.05) is 48.5 Å². The Morgan fingerprint density at radius 3 is 2.42 bits per heavy atom. The summed E-state index contributed by atoms with van der Waals surface area (Å²) in [5, 5.41) is -0.294. The Kier molecular flexibility index (Phi) is 8.46. The van der Waals surface area contributed by atoms with E-state index in [9.17, 15) is 14.4 Å². The molecule has 2 aliphatic rings. The van der Waals surface area contributed by atoms with Gasteiger partial charge in [-0.1, -0.05) is 15.9 Å². The van der Waals surface area contributed by atoms with Gasteiger partial charge in [0.1, 0.15) is 23.8 Å². The first-order valence-electron chi connectivity index (χ1n) is 12.3. The first-order chi connectivity index (χ1) is 17.9. The third-order valence-corrected chi connectivity index (χ3v) is 7.85. The van der Waals surface area contributed by atoms with Crippen molar-refractivity contribution in [1.29, 1.82) is 0 Å². The highest BCUT2D eigenvalue weighted by Crippen LogP contribution is 2.35. The summed E-state index contributed by atoms with van der Waals surface area (Å²) in [7, 11) is 1.47. The van der Waals surface area contributed by atoms with Gasteiger partial charge in [-0.05, 0) is 81.6 Å². The summed E-state index contributed by atoms with van der Waals surface area (Å²) in [5.74, 6) is 1.30. The highest BCUT2D eigenvalue weighted by atomic mass is 79.9. The molecule has 0 unspecified atom stereocenters. The maximum absolute atomic E-state index is 12.3. The Bertz CT molecular complexity index is 1270. The van der Waals surface area contributed by atoms with E-state index in [-0.39, 0.29) is 29.8 Å². The molecular formula is C27H31BrN4O5S. The van der Waals surface area contributed by atoms with Crippen LogP contribution in [0, 0.1) is 6.92 Å². The molecule has 0 radical (unpaired) electrons. The number of ether oxygens (including phenoxy) is 2. The quantitative estimate of drug-likeness (QED) is 0.389. The standard InChI is InChI=1S/C27H31BrN4O5S/c1-16-10-20(28)19(12-22-24(33)31(5)26(35)38-22)11-21(16)36-15-17-13-29-23(30-14-17)18-6-8-32(9-7-18)25(34)37-27(2,3)4/h10-14,18H,6-9,15H2,1-5H3/b22-12-. The van der Waals surface area contributed by atoms with Crippen LogP contribution in [0.5, 0.6) is 5.75 Å². The number of benzene rings is 1. The molecule has 38 heavy (non-hydrogen) atoms. The molecule has 0 aliphatic carbocycles. The van der Waals surface area contributed by atoms with Gasteiger partial charge in [-0.2, -0.15) is 0 Å². The minimum absolute atomic E-state index is 0.190. The molecule has 0 bridgehead atoms. The predicted molar refractivity (Wildman–Crippen MR) is 149 cm³/mol. The molecular weight excluding hydrogens is 572 g/mol. The maximum atomic E-state index is 12.3. The molecule has 2 aromatic rings. The summed E-state index contributed by atoms with van der Waals surface area (Å²) >= 11 is 4.45. The molecule has 3 amide bonds. The van der Waals surface area contributed by atoms with Crippen LogP contribution in [0.4, 0.5) is 9.59 Å². The number of imide groups is 1. The monoisotopic (exact) mass is 602 g/mol. The molecule has 2 saturated heterocycles. The van der Waals surface area contributed by atoms with Gasteiger partial charge in [0.25, 0.3) is 11.1 Å². The molecule has 2 aliphatic heterocycles. The van der Waals surface area contributed by atoms with Crippen molar-refractivity contribution >= 4 is 51.0 Å².